The van der Waals surface area contributed by atoms with Crippen LogP contribution < -0.4 is 4.74 Å². The van der Waals surface area contributed by atoms with Crippen LogP contribution in [0.25, 0.3) is 0 Å². The Morgan fingerprint density at radius 2 is 1.86 bits per heavy atom. The molecule has 0 aliphatic rings. The number of aliphatic hydroxyl groups excluding tert-OH is 1. The van der Waals surface area contributed by atoms with Gasteiger partial charge in [0.1, 0.15) is 5.75 Å². The van der Waals surface area contributed by atoms with Crippen LogP contribution in [-0.2, 0) is 0 Å². The fraction of sp³-hybridized carbons (Fsp3) is 0.455. The van der Waals surface area contributed by atoms with Crippen LogP contribution in [0.5, 0.6) is 5.75 Å². The zero-order valence-corrected chi connectivity index (χ0v) is 9.64. The minimum absolute atomic E-state index is 0.436. The van der Waals surface area contributed by atoms with E-state index in [-0.39, 0.29) is 0 Å². The second-order valence-electron chi connectivity index (χ2n) is 3.39. The van der Waals surface area contributed by atoms with Crippen molar-refractivity contribution in [3.05, 3.63) is 28.8 Å². The van der Waals surface area contributed by atoms with E-state index in [4.69, 9.17) is 4.74 Å². The SMILES string of the molecule is COc1c(C)cc(C(O)CS)cc1C. The van der Waals surface area contributed by atoms with Crippen LogP contribution in [0.1, 0.15) is 22.8 Å². The summed E-state index contributed by atoms with van der Waals surface area (Å²) in [7, 11) is 1.66. The highest BCUT2D eigenvalue weighted by atomic mass is 32.1. The first kappa shape index (κ1) is 11.4. The summed E-state index contributed by atoms with van der Waals surface area (Å²) in [6.45, 7) is 3.95. The number of ether oxygens (including phenoxy) is 1. The molecular weight excluding hydrogens is 196 g/mol. The smallest absolute Gasteiger partial charge is 0.124 e. The predicted molar refractivity (Wildman–Crippen MR) is 61.3 cm³/mol. The molecule has 0 saturated carbocycles. The quantitative estimate of drug-likeness (QED) is 0.753. The number of hydrogen-bond acceptors (Lipinski definition) is 3. The first-order valence-electron chi connectivity index (χ1n) is 4.54. The molecule has 14 heavy (non-hydrogen) atoms. The molecule has 0 saturated heterocycles. The van der Waals surface area contributed by atoms with E-state index >= 15 is 0 Å². The zero-order valence-electron chi connectivity index (χ0n) is 8.74. The Kier molecular flexibility index (Phi) is 3.84. The molecule has 1 aromatic rings. The number of aliphatic hydroxyl groups is 1. The maximum Gasteiger partial charge on any atom is 0.124 e. The van der Waals surface area contributed by atoms with Crippen LogP contribution in [0.4, 0.5) is 0 Å². The van der Waals surface area contributed by atoms with Crippen molar-refractivity contribution >= 4 is 12.6 Å². The van der Waals surface area contributed by atoms with Gasteiger partial charge in [0.25, 0.3) is 0 Å². The number of thiol groups is 1. The molecule has 1 aromatic carbocycles. The van der Waals surface area contributed by atoms with Gasteiger partial charge in [-0.25, -0.2) is 0 Å². The highest BCUT2D eigenvalue weighted by Gasteiger charge is 2.10. The van der Waals surface area contributed by atoms with E-state index in [0.717, 1.165) is 22.4 Å². The van der Waals surface area contributed by atoms with E-state index in [1.54, 1.807) is 7.11 Å². The molecule has 0 aromatic heterocycles. The lowest BCUT2D eigenvalue weighted by molar-refractivity contribution is 0.204. The largest absolute Gasteiger partial charge is 0.496 e. The summed E-state index contributed by atoms with van der Waals surface area (Å²) in [5.41, 5.74) is 2.99. The minimum atomic E-state index is -0.498. The van der Waals surface area contributed by atoms with Gasteiger partial charge >= 0.3 is 0 Å². The van der Waals surface area contributed by atoms with Gasteiger partial charge in [-0.15, -0.1) is 0 Å². The Balaban J connectivity index is 3.13. The van der Waals surface area contributed by atoms with E-state index in [9.17, 15) is 5.11 Å². The van der Waals surface area contributed by atoms with Gasteiger partial charge in [-0.05, 0) is 42.7 Å². The Morgan fingerprint density at radius 3 is 2.21 bits per heavy atom. The van der Waals surface area contributed by atoms with Crippen LogP contribution >= 0.6 is 12.6 Å². The lowest BCUT2D eigenvalue weighted by atomic mass is 10.0. The fourth-order valence-corrected chi connectivity index (χ4v) is 1.81. The van der Waals surface area contributed by atoms with E-state index in [0.29, 0.717) is 5.75 Å². The Morgan fingerprint density at radius 1 is 1.36 bits per heavy atom. The zero-order chi connectivity index (χ0) is 10.7. The minimum Gasteiger partial charge on any atom is -0.496 e. The van der Waals surface area contributed by atoms with Crippen molar-refractivity contribution in [2.24, 2.45) is 0 Å². The van der Waals surface area contributed by atoms with Crippen LogP contribution in [-0.4, -0.2) is 18.0 Å². The average Bonchev–Trinajstić information content (AvgIpc) is 2.16. The van der Waals surface area contributed by atoms with Gasteiger partial charge in [0, 0.05) is 5.75 Å². The number of aryl methyl sites for hydroxylation is 2. The number of methoxy groups -OCH3 is 1. The summed E-state index contributed by atoms with van der Waals surface area (Å²) in [4.78, 5) is 0. The van der Waals surface area contributed by atoms with E-state index in [2.05, 4.69) is 12.6 Å². The Hall–Kier alpha value is -0.670. The Labute approximate surface area is 90.3 Å². The molecule has 0 aliphatic carbocycles. The first-order chi connectivity index (χ1) is 6.60. The van der Waals surface area contributed by atoms with Crippen molar-refractivity contribution in [3.8, 4) is 5.75 Å². The van der Waals surface area contributed by atoms with Gasteiger partial charge in [-0.3, -0.25) is 0 Å². The fourth-order valence-electron chi connectivity index (χ4n) is 1.60. The normalized spacial score (nSPS) is 12.6. The van der Waals surface area contributed by atoms with Crippen LogP contribution in [0, 0.1) is 13.8 Å². The van der Waals surface area contributed by atoms with Gasteiger partial charge in [0.05, 0.1) is 13.2 Å². The summed E-state index contributed by atoms with van der Waals surface area (Å²) < 4.78 is 5.24. The summed E-state index contributed by atoms with van der Waals surface area (Å²) >= 11 is 4.06. The third-order valence-corrected chi connectivity index (χ3v) is 2.59. The molecule has 2 nitrogen and oxygen atoms in total. The molecule has 1 atom stereocenters. The maximum absolute atomic E-state index is 9.62. The summed E-state index contributed by atoms with van der Waals surface area (Å²) in [5, 5.41) is 9.62. The third kappa shape index (κ3) is 2.22. The maximum atomic E-state index is 9.62. The van der Waals surface area contributed by atoms with E-state index < -0.39 is 6.10 Å². The van der Waals surface area contributed by atoms with Gasteiger partial charge in [0.2, 0.25) is 0 Å². The molecular formula is C11H16O2S. The predicted octanol–water partition coefficient (Wildman–Crippen LogP) is 2.28. The van der Waals surface area contributed by atoms with Crippen molar-refractivity contribution < 1.29 is 9.84 Å². The molecule has 0 amide bonds. The lowest BCUT2D eigenvalue weighted by Gasteiger charge is -2.13. The number of benzene rings is 1. The van der Waals surface area contributed by atoms with Crippen molar-refractivity contribution in [2.75, 3.05) is 12.9 Å². The standard InChI is InChI=1S/C11H16O2S/c1-7-4-9(10(12)6-14)5-8(2)11(7)13-3/h4-5,10,12,14H,6H2,1-3H3. The molecule has 0 heterocycles. The van der Waals surface area contributed by atoms with Crippen LogP contribution in [0.3, 0.4) is 0 Å². The molecule has 1 rings (SSSR count). The summed E-state index contributed by atoms with van der Waals surface area (Å²) in [6, 6.07) is 3.87. The third-order valence-electron chi connectivity index (χ3n) is 2.24. The first-order valence-corrected chi connectivity index (χ1v) is 5.17. The summed E-state index contributed by atoms with van der Waals surface area (Å²) in [6.07, 6.45) is -0.498. The molecule has 1 unspecified atom stereocenters. The topological polar surface area (TPSA) is 29.5 Å². The van der Waals surface area contributed by atoms with Crippen molar-refractivity contribution in [3.63, 3.8) is 0 Å². The van der Waals surface area contributed by atoms with Crippen molar-refractivity contribution in [1.82, 2.24) is 0 Å². The van der Waals surface area contributed by atoms with E-state index in [1.807, 2.05) is 26.0 Å². The summed E-state index contributed by atoms with van der Waals surface area (Å²) in [5.74, 6) is 1.32. The molecule has 0 fully saturated rings. The molecule has 0 radical (unpaired) electrons. The monoisotopic (exact) mass is 212 g/mol. The molecule has 0 bridgehead atoms. The van der Waals surface area contributed by atoms with Gasteiger partial charge < -0.3 is 9.84 Å². The van der Waals surface area contributed by atoms with Gasteiger partial charge in [0.15, 0.2) is 0 Å². The molecule has 1 N–H and O–H groups in total. The highest BCUT2D eigenvalue weighted by Crippen LogP contribution is 2.27. The molecule has 3 heteroatoms. The van der Waals surface area contributed by atoms with Crippen LogP contribution in [0.2, 0.25) is 0 Å². The molecule has 78 valence electrons. The van der Waals surface area contributed by atoms with Crippen molar-refractivity contribution in [1.29, 1.82) is 0 Å². The van der Waals surface area contributed by atoms with E-state index in [1.165, 1.54) is 0 Å². The lowest BCUT2D eigenvalue weighted by Crippen LogP contribution is -2.01. The highest BCUT2D eigenvalue weighted by molar-refractivity contribution is 7.80. The number of rotatable bonds is 3. The molecule has 0 aliphatic heterocycles. The van der Waals surface area contributed by atoms with Gasteiger partial charge in [-0.2, -0.15) is 12.6 Å². The van der Waals surface area contributed by atoms with Crippen molar-refractivity contribution in [2.45, 2.75) is 20.0 Å². The van der Waals surface area contributed by atoms with Gasteiger partial charge in [-0.1, -0.05) is 0 Å². The Bertz CT molecular complexity index is 300. The second-order valence-corrected chi connectivity index (χ2v) is 3.75. The van der Waals surface area contributed by atoms with Crippen LogP contribution in [0.15, 0.2) is 12.1 Å². The number of hydrogen-bond donors (Lipinski definition) is 2. The molecule has 0 spiro atoms. The second kappa shape index (κ2) is 4.71. The average molecular weight is 212 g/mol.